The molecule has 0 spiro atoms. The summed E-state index contributed by atoms with van der Waals surface area (Å²) in [5.74, 6) is -1.38. The zero-order valence-electron chi connectivity index (χ0n) is 44.3. The highest BCUT2D eigenvalue weighted by Gasteiger charge is 2.25. The molecular formula is C61H120O3. The molecular weight excluding hydrogens is 781 g/mol. The first-order valence-electron chi connectivity index (χ1n) is 30.2. The molecule has 3 nitrogen and oxygen atoms in total. The Labute approximate surface area is 404 Å². The lowest BCUT2D eigenvalue weighted by Crippen LogP contribution is -2.28. The molecule has 0 saturated carbocycles. The van der Waals surface area contributed by atoms with E-state index in [0.29, 0.717) is 12.8 Å². The molecule has 0 aromatic carbocycles. The molecule has 0 aliphatic carbocycles. The summed E-state index contributed by atoms with van der Waals surface area (Å²) in [4.78, 5) is 11.9. The summed E-state index contributed by atoms with van der Waals surface area (Å²) in [6, 6.07) is 0. The molecule has 2 atom stereocenters. The van der Waals surface area contributed by atoms with E-state index in [2.05, 4.69) is 26.0 Å². The van der Waals surface area contributed by atoms with Crippen LogP contribution in [0, 0.1) is 5.92 Å². The zero-order valence-corrected chi connectivity index (χ0v) is 44.3. The van der Waals surface area contributed by atoms with E-state index in [1.807, 2.05) is 0 Å². The van der Waals surface area contributed by atoms with Crippen LogP contribution in [0.5, 0.6) is 0 Å². The number of aliphatic carboxylic acids is 1. The first kappa shape index (κ1) is 63.2. The van der Waals surface area contributed by atoms with Gasteiger partial charge in [-0.1, -0.05) is 334 Å². The van der Waals surface area contributed by atoms with E-state index in [9.17, 15) is 15.0 Å². The number of allylic oxidation sites excluding steroid dienone is 2. The fraction of sp³-hybridized carbons (Fsp3) is 0.951. The number of carboxylic acid groups (broad SMARTS) is 1. The van der Waals surface area contributed by atoms with Crippen LogP contribution in [0.3, 0.4) is 0 Å². The van der Waals surface area contributed by atoms with Gasteiger partial charge >= 0.3 is 5.97 Å². The Morgan fingerprint density at radius 2 is 0.484 bits per heavy atom. The molecule has 0 amide bonds. The lowest BCUT2D eigenvalue weighted by molar-refractivity contribution is -0.146. The van der Waals surface area contributed by atoms with E-state index in [-0.39, 0.29) is 0 Å². The van der Waals surface area contributed by atoms with Crippen molar-refractivity contribution in [1.29, 1.82) is 0 Å². The Bertz CT molecular complexity index is 883. The van der Waals surface area contributed by atoms with E-state index in [1.165, 1.54) is 308 Å². The van der Waals surface area contributed by atoms with Crippen LogP contribution in [0.2, 0.25) is 0 Å². The summed E-state index contributed by atoms with van der Waals surface area (Å²) in [7, 11) is 0. The first-order chi connectivity index (χ1) is 31.6. The number of carboxylic acids is 1. The standard InChI is InChI=1S/C61H120O3/c1-3-5-7-9-11-13-15-17-19-21-23-25-26-27-28-29-30-31-32-33-34-35-36-37-38-40-42-44-46-48-50-52-54-56-58-60(62)59(61(63)64)57-55-53-51-49-47-45-43-41-39-24-22-20-18-16-14-12-10-8-6-4-2/h31-32,59-60,62H,3-30,33-58H2,1-2H3,(H,63,64)/b32-31-. The molecule has 0 aliphatic heterocycles. The van der Waals surface area contributed by atoms with Crippen LogP contribution in [-0.2, 0) is 4.79 Å². The lowest BCUT2D eigenvalue weighted by atomic mass is 9.91. The zero-order chi connectivity index (χ0) is 46.3. The van der Waals surface area contributed by atoms with Crippen LogP contribution >= 0.6 is 0 Å². The maximum Gasteiger partial charge on any atom is 0.309 e. The second-order valence-electron chi connectivity index (χ2n) is 21.1. The van der Waals surface area contributed by atoms with Crippen molar-refractivity contribution in [3.63, 3.8) is 0 Å². The SMILES string of the molecule is CCCCCCCCCCCCCCCCCC/C=C\CCCCCCCCCCCCCCCCC(O)C(CCCCCCCCCCCCCCCCCCCCCC)C(=O)O. The Kier molecular flexibility index (Phi) is 55.8. The molecule has 382 valence electrons. The van der Waals surface area contributed by atoms with Crippen molar-refractivity contribution in [1.82, 2.24) is 0 Å². The van der Waals surface area contributed by atoms with Crippen molar-refractivity contribution < 1.29 is 15.0 Å². The molecule has 0 saturated heterocycles. The summed E-state index contributed by atoms with van der Waals surface area (Å²) in [5.41, 5.74) is 0. The minimum atomic E-state index is -0.802. The van der Waals surface area contributed by atoms with Gasteiger partial charge in [-0.15, -0.1) is 0 Å². The van der Waals surface area contributed by atoms with E-state index in [4.69, 9.17) is 0 Å². The van der Waals surface area contributed by atoms with Crippen molar-refractivity contribution >= 4 is 5.97 Å². The molecule has 0 aromatic heterocycles. The Balaban J connectivity index is 3.39. The van der Waals surface area contributed by atoms with Gasteiger partial charge in [0.2, 0.25) is 0 Å². The first-order valence-corrected chi connectivity index (χ1v) is 30.2. The molecule has 2 N–H and O–H groups in total. The number of aliphatic hydroxyl groups excluding tert-OH is 1. The number of aliphatic hydroxyl groups is 1. The van der Waals surface area contributed by atoms with Crippen LogP contribution in [-0.4, -0.2) is 22.3 Å². The van der Waals surface area contributed by atoms with Crippen LogP contribution in [0.1, 0.15) is 361 Å². The van der Waals surface area contributed by atoms with Crippen LogP contribution in [0.15, 0.2) is 12.2 Å². The van der Waals surface area contributed by atoms with Crippen molar-refractivity contribution in [2.75, 3.05) is 0 Å². The van der Waals surface area contributed by atoms with Gasteiger partial charge < -0.3 is 10.2 Å². The van der Waals surface area contributed by atoms with Crippen LogP contribution in [0.4, 0.5) is 0 Å². The quantitative estimate of drug-likeness (QED) is 0.0472. The topological polar surface area (TPSA) is 57.5 Å². The number of hydrogen-bond donors (Lipinski definition) is 2. The van der Waals surface area contributed by atoms with E-state index in [0.717, 1.165) is 25.7 Å². The van der Waals surface area contributed by atoms with E-state index in [1.54, 1.807) is 0 Å². The van der Waals surface area contributed by atoms with Crippen molar-refractivity contribution in [2.24, 2.45) is 5.92 Å². The summed E-state index contributed by atoms with van der Waals surface area (Å²) >= 11 is 0. The van der Waals surface area contributed by atoms with Crippen molar-refractivity contribution in [3.8, 4) is 0 Å². The minimum absolute atomic E-state index is 0.582. The molecule has 3 heteroatoms. The summed E-state index contributed by atoms with van der Waals surface area (Å²) in [6.45, 7) is 4.60. The Morgan fingerprint density at radius 3 is 0.703 bits per heavy atom. The molecule has 2 unspecified atom stereocenters. The van der Waals surface area contributed by atoms with Gasteiger partial charge in [-0.3, -0.25) is 4.79 Å². The Morgan fingerprint density at radius 1 is 0.297 bits per heavy atom. The fourth-order valence-corrected chi connectivity index (χ4v) is 10.1. The fourth-order valence-electron chi connectivity index (χ4n) is 10.1. The highest BCUT2D eigenvalue weighted by atomic mass is 16.4. The van der Waals surface area contributed by atoms with Gasteiger partial charge in [-0.05, 0) is 38.5 Å². The maximum absolute atomic E-state index is 11.9. The number of rotatable bonds is 57. The maximum atomic E-state index is 11.9. The highest BCUT2D eigenvalue weighted by molar-refractivity contribution is 5.70. The van der Waals surface area contributed by atoms with Crippen molar-refractivity contribution in [3.05, 3.63) is 12.2 Å². The molecule has 0 fully saturated rings. The van der Waals surface area contributed by atoms with Gasteiger partial charge in [0.25, 0.3) is 0 Å². The van der Waals surface area contributed by atoms with E-state index >= 15 is 0 Å². The summed E-state index contributed by atoms with van der Waals surface area (Å²) in [5, 5.41) is 20.4. The van der Waals surface area contributed by atoms with Gasteiger partial charge in [0, 0.05) is 0 Å². The van der Waals surface area contributed by atoms with Crippen LogP contribution in [0.25, 0.3) is 0 Å². The second-order valence-corrected chi connectivity index (χ2v) is 21.1. The summed E-state index contributed by atoms with van der Waals surface area (Å²) < 4.78 is 0. The third-order valence-electron chi connectivity index (χ3n) is 14.7. The molecule has 0 rings (SSSR count). The second kappa shape index (κ2) is 56.5. The predicted octanol–water partition coefficient (Wildman–Crippen LogP) is 21.7. The van der Waals surface area contributed by atoms with Crippen molar-refractivity contribution in [2.45, 2.75) is 367 Å². The molecule has 64 heavy (non-hydrogen) atoms. The van der Waals surface area contributed by atoms with Gasteiger partial charge in [0.1, 0.15) is 0 Å². The van der Waals surface area contributed by atoms with Gasteiger partial charge in [-0.2, -0.15) is 0 Å². The summed E-state index contributed by atoms with van der Waals surface area (Å²) in [6.07, 6.45) is 76.8. The average Bonchev–Trinajstić information content (AvgIpc) is 3.29. The molecule has 0 bridgehead atoms. The largest absolute Gasteiger partial charge is 0.481 e. The minimum Gasteiger partial charge on any atom is -0.481 e. The molecule has 0 aromatic rings. The third-order valence-corrected chi connectivity index (χ3v) is 14.7. The predicted molar refractivity (Wildman–Crippen MR) is 287 cm³/mol. The number of carbonyl (C=O) groups is 1. The monoisotopic (exact) mass is 901 g/mol. The van der Waals surface area contributed by atoms with Gasteiger partial charge in [0.05, 0.1) is 12.0 Å². The Hall–Kier alpha value is -0.830. The molecule has 0 radical (unpaired) electrons. The lowest BCUT2D eigenvalue weighted by Gasteiger charge is -2.19. The molecule has 0 heterocycles. The van der Waals surface area contributed by atoms with Crippen LogP contribution < -0.4 is 0 Å². The molecule has 0 aliphatic rings. The highest BCUT2D eigenvalue weighted by Crippen LogP contribution is 2.22. The normalized spacial score (nSPS) is 12.8. The van der Waals surface area contributed by atoms with Gasteiger partial charge in [0.15, 0.2) is 0 Å². The third kappa shape index (κ3) is 52.1. The average molecular weight is 902 g/mol. The number of unbranched alkanes of at least 4 members (excludes halogenated alkanes) is 49. The smallest absolute Gasteiger partial charge is 0.309 e. The number of hydrogen-bond acceptors (Lipinski definition) is 2. The van der Waals surface area contributed by atoms with Gasteiger partial charge in [-0.25, -0.2) is 0 Å². The van der Waals surface area contributed by atoms with E-state index < -0.39 is 18.0 Å².